The normalized spacial score (nSPS) is 29.9. The molecule has 3 amide bonds. The molecule has 4 heterocycles. The predicted molar refractivity (Wildman–Crippen MR) is 156 cm³/mol. The topological polar surface area (TPSA) is 90.4 Å². The number of para-hydroxylation sites is 1. The maximum Gasteiger partial charge on any atom is 0.253 e. The van der Waals surface area contributed by atoms with E-state index < -0.39 is 35.6 Å². The molecule has 6 rings (SSSR count). The minimum Gasteiger partial charge on any atom is -0.394 e. The van der Waals surface area contributed by atoms with Crippen molar-refractivity contribution >= 4 is 40.7 Å². The molecule has 0 aliphatic carbocycles. The first-order valence-corrected chi connectivity index (χ1v) is 14.5. The van der Waals surface area contributed by atoms with Gasteiger partial charge >= 0.3 is 0 Å². The van der Waals surface area contributed by atoms with Gasteiger partial charge in [0.1, 0.15) is 11.6 Å². The minimum absolute atomic E-state index is 0.157. The van der Waals surface area contributed by atoms with Crippen LogP contribution in [0.1, 0.15) is 20.3 Å². The van der Waals surface area contributed by atoms with Crippen molar-refractivity contribution in [2.45, 2.75) is 44.1 Å². The molecule has 6 atom stereocenters. The largest absolute Gasteiger partial charge is 0.394 e. The second kappa shape index (κ2) is 10.7. The lowest BCUT2D eigenvalue weighted by Gasteiger charge is -2.39. The monoisotopic (exact) mass is 575 g/mol. The van der Waals surface area contributed by atoms with Gasteiger partial charge in [0.2, 0.25) is 11.8 Å². The van der Waals surface area contributed by atoms with Gasteiger partial charge < -0.3 is 24.5 Å². The van der Waals surface area contributed by atoms with Crippen LogP contribution in [-0.4, -0.2) is 71.2 Å². The number of aliphatic hydroxyl groups is 1. The highest BCUT2D eigenvalue weighted by Gasteiger charge is 2.72. The number of fused-ring (bicyclic) bond motifs is 2. The standard InChI is InChI=1S/C32H34ClN3O5/c1-20(2)18-24(19-37)36-28-31(40)35(23-13-11-21(33)12-14-23)17-7-15-32(28)27(30(36)39)26-25(41-32)10-6-16-34(29(26)38)22-8-4-3-5-9-22/h3-15,20,24-28,37H,16-19H2,1-2H3/t24-,25+,26-,27+,28?,32+/m1/s1. The first-order chi connectivity index (χ1) is 19.8. The second-order valence-corrected chi connectivity index (χ2v) is 12.0. The molecule has 41 heavy (non-hydrogen) atoms. The molecular weight excluding hydrogens is 542 g/mol. The van der Waals surface area contributed by atoms with Crippen LogP contribution in [-0.2, 0) is 19.1 Å². The molecular formula is C32H34ClN3O5. The van der Waals surface area contributed by atoms with Gasteiger partial charge in [-0.25, -0.2) is 0 Å². The Bertz CT molecular complexity index is 1390. The fraction of sp³-hybridized carbons (Fsp3) is 0.406. The summed E-state index contributed by atoms with van der Waals surface area (Å²) in [7, 11) is 0. The number of benzene rings is 2. The average Bonchev–Trinajstić information content (AvgIpc) is 3.28. The van der Waals surface area contributed by atoms with Crippen molar-refractivity contribution < 1.29 is 24.2 Å². The number of aliphatic hydroxyl groups excluding tert-OH is 1. The second-order valence-electron chi connectivity index (χ2n) is 11.6. The Balaban J connectivity index is 1.47. The van der Waals surface area contributed by atoms with Crippen molar-refractivity contribution in [1.29, 1.82) is 0 Å². The van der Waals surface area contributed by atoms with Gasteiger partial charge in [-0.2, -0.15) is 0 Å². The third-order valence-electron chi connectivity index (χ3n) is 8.65. The van der Waals surface area contributed by atoms with Crippen LogP contribution in [0.2, 0.25) is 5.02 Å². The first kappa shape index (κ1) is 27.7. The summed E-state index contributed by atoms with van der Waals surface area (Å²) in [5, 5.41) is 11.1. The highest BCUT2D eigenvalue weighted by atomic mass is 35.5. The van der Waals surface area contributed by atoms with Gasteiger partial charge in [0, 0.05) is 29.5 Å². The van der Waals surface area contributed by atoms with Gasteiger partial charge in [-0.3, -0.25) is 14.4 Å². The average molecular weight is 576 g/mol. The predicted octanol–water partition coefficient (Wildman–Crippen LogP) is 3.83. The quantitative estimate of drug-likeness (QED) is 0.529. The van der Waals surface area contributed by atoms with E-state index in [1.807, 2.05) is 68.5 Å². The van der Waals surface area contributed by atoms with Crippen molar-refractivity contribution in [3.63, 3.8) is 0 Å². The number of rotatable bonds is 6. The van der Waals surface area contributed by atoms with Gasteiger partial charge in [-0.1, -0.05) is 68.0 Å². The maximum atomic E-state index is 14.5. The number of amides is 3. The number of halogens is 1. The van der Waals surface area contributed by atoms with Crippen LogP contribution in [0, 0.1) is 17.8 Å². The molecule has 4 aliphatic rings. The molecule has 1 unspecified atom stereocenters. The van der Waals surface area contributed by atoms with E-state index in [2.05, 4.69) is 0 Å². The third kappa shape index (κ3) is 4.49. The summed E-state index contributed by atoms with van der Waals surface area (Å²) in [4.78, 5) is 48.2. The lowest BCUT2D eigenvalue weighted by Crippen LogP contribution is -2.58. The Morgan fingerprint density at radius 1 is 0.927 bits per heavy atom. The Kier molecular flexibility index (Phi) is 7.26. The summed E-state index contributed by atoms with van der Waals surface area (Å²) in [5.74, 6) is -2.47. The summed E-state index contributed by atoms with van der Waals surface area (Å²) in [6, 6.07) is 14.7. The molecule has 8 nitrogen and oxygen atoms in total. The van der Waals surface area contributed by atoms with E-state index in [-0.39, 0.29) is 36.8 Å². The summed E-state index contributed by atoms with van der Waals surface area (Å²) in [6.45, 7) is 4.34. The summed E-state index contributed by atoms with van der Waals surface area (Å²) in [5.41, 5.74) is 0.00578. The molecule has 0 saturated carbocycles. The van der Waals surface area contributed by atoms with Crippen LogP contribution in [0.15, 0.2) is 78.9 Å². The van der Waals surface area contributed by atoms with E-state index in [9.17, 15) is 19.5 Å². The van der Waals surface area contributed by atoms with Crippen molar-refractivity contribution in [1.82, 2.24) is 4.90 Å². The van der Waals surface area contributed by atoms with Crippen molar-refractivity contribution in [3.8, 4) is 0 Å². The van der Waals surface area contributed by atoms with Gasteiger partial charge in [-0.15, -0.1) is 0 Å². The molecule has 2 fully saturated rings. The zero-order chi connectivity index (χ0) is 28.9. The fourth-order valence-electron chi connectivity index (χ4n) is 6.98. The molecule has 0 aromatic heterocycles. The molecule has 2 saturated heterocycles. The number of anilines is 2. The molecule has 2 aromatic rings. The number of hydrogen-bond donors (Lipinski definition) is 1. The van der Waals surface area contributed by atoms with E-state index in [0.29, 0.717) is 23.7 Å². The number of carbonyl (C=O) groups excluding carboxylic acids is 3. The lowest BCUT2D eigenvalue weighted by atomic mass is 9.77. The summed E-state index contributed by atoms with van der Waals surface area (Å²) >= 11 is 6.12. The van der Waals surface area contributed by atoms with Crippen LogP contribution in [0.4, 0.5) is 11.4 Å². The summed E-state index contributed by atoms with van der Waals surface area (Å²) < 4.78 is 6.74. The van der Waals surface area contributed by atoms with Crippen molar-refractivity contribution in [3.05, 3.63) is 83.9 Å². The Morgan fingerprint density at radius 3 is 2.27 bits per heavy atom. The van der Waals surface area contributed by atoms with E-state index in [1.165, 1.54) is 4.90 Å². The molecule has 1 N–H and O–H groups in total. The first-order valence-electron chi connectivity index (χ1n) is 14.2. The molecule has 9 heteroatoms. The highest BCUT2D eigenvalue weighted by molar-refractivity contribution is 6.30. The SMILES string of the molecule is CC(C)C[C@H](CO)N1C(=O)[C@@H]2[C@@H]3C(=O)N(c4ccccc4)CC=C[C@@H]3O[C@@]23C=CCN(c2ccc(Cl)cc2)C(=O)C13. The Hall–Kier alpha value is -3.46. The fourth-order valence-corrected chi connectivity index (χ4v) is 7.11. The van der Waals surface area contributed by atoms with Gasteiger partial charge in [0.05, 0.1) is 30.6 Å². The van der Waals surface area contributed by atoms with Crippen LogP contribution in [0.3, 0.4) is 0 Å². The highest BCUT2D eigenvalue weighted by Crippen LogP contribution is 2.54. The number of carbonyl (C=O) groups is 3. The smallest absolute Gasteiger partial charge is 0.253 e. The third-order valence-corrected chi connectivity index (χ3v) is 8.90. The van der Waals surface area contributed by atoms with Crippen molar-refractivity contribution in [2.24, 2.45) is 17.8 Å². The molecule has 1 spiro atoms. The van der Waals surface area contributed by atoms with Crippen LogP contribution in [0.25, 0.3) is 0 Å². The zero-order valence-corrected chi connectivity index (χ0v) is 23.9. The van der Waals surface area contributed by atoms with Gasteiger partial charge in [0.15, 0.2) is 0 Å². The number of hydrogen-bond acceptors (Lipinski definition) is 5. The number of ether oxygens (including phenoxy) is 1. The lowest BCUT2D eigenvalue weighted by molar-refractivity contribution is -0.144. The molecule has 214 valence electrons. The van der Waals surface area contributed by atoms with E-state index in [0.717, 1.165) is 5.69 Å². The van der Waals surface area contributed by atoms with E-state index in [1.54, 1.807) is 34.1 Å². The Morgan fingerprint density at radius 2 is 1.59 bits per heavy atom. The minimum atomic E-state index is -1.37. The number of likely N-dealkylation sites (tertiary alicyclic amines) is 1. The molecule has 4 aliphatic heterocycles. The van der Waals surface area contributed by atoms with Gasteiger partial charge in [-0.05, 0) is 48.7 Å². The maximum absolute atomic E-state index is 14.5. The molecule has 0 radical (unpaired) electrons. The summed E-state index contributed by atoms with van der Waals surface area (Å²) in [6.07, 6.45) is 7.23. The van der Waals surface area contributed by atoms with E-state index >= 15 is 0 Å². The number of nitrogens with zero attached hydrogens (tertiary/aromatic N) is 3. The van der Waals surface area contributed by atoms with Crippen LogP contribution >= 0.6 is 11.6 Å². The molecule has 0 bridgehead atoms. The molecule has 2 aromatic carbocycles. The van der Waals surface area contributed by atoms with Gasteiger partial charge in [0.25, 0.3) is 5.91 Å². The zero-order valence-electron chi connectivity index (χ0n) is 23.1. The van der Waals surface area contributed by atoms with Crippen LogP contribution < -0.4 is 9.80 Å². The Labute approximate surface area is 244 Å². The van der Waals surface area contributed by atoms with Crippen LogP contribution in [0.5, 0.6) is 0 Å². The van der Waals surface area contributed by atoms with Crippen molar-refractivity contribution in [2.75, 3.05) is 29.5 Å². The van der Waals surface area contributed by atoms with E-state index in [4.69, 9.17) is 16.3 Å².